The Kier molecular flexibility index (Phi) is 3.62. The predicted molar refractivity (Wildman–Crippen MR) is 70.5 cm³/mol. The number of hydrogen-bond acceptors (Lipinski definition) is 4. The van der Waals surface area contributed by atoms with Gasteiger partial charge < -0.3 is 10.5 Å². The topological polar surface area (TPSA) is 66.0 Å². The Balaban J connectivity index is 2.36. The molecule has 0 atom stereocenters. The molecule has 1 heterocycles. The molecule has 0 radical (unpaired) electrons. The molecular weight excluding hydrogens is 228 g/mol. The quantitative estimate of drug-likeness (QED) is 0.883. The summed E-state index contributed by atoms with van der Waals surface area (Å²) in [6.45, 7) is 2.58. The monoisotopic (exact) mass is 246 g/mol. The highest BCUT2D eigenvalue weighted by Crippen LogP contribution is 2.24. The summed E-state index contributed by atoms with van der Waals surface area (Å²) in [5.41, 5.74) is 7.61. The first-order chi connectivity index (χ1) is 8.65. The van der Waals surface area contributed by atoms with Crippen LogP contribution in [0.15, 0.2) is 18.2 Å². The zero-order valence-electron chi connectivity index (χ0n) is 11.0. The third-order valence-electron chi connectivity index (χ3n) is 2.87. The summed E-state index contributed by atoms with van der Waals surface area (Å²) in [6.07, 6.45) is 0.735. The van der Waals surface area contributed by atoms with E-state index in [1.165, 1.54) is 0 Å². The van der Waals surface area contributed by atoms with Gasteiger partial charge in [-0.2, -0.15) is 5.10 Å². The third-order valence-corrected chi connectivity index (χ3v) is 2.87. The largest absolute Gasteiger partial charge is 0.496 e. The maximum absolute atomic E-state index is 5.54. The van der Waals surface area contributed by atoms with E-state index in [0.29, 0.717) is 6.54 Å². The van der Waals surface area contributed by atoms with Crippen molar-refractivity contribution in [1.29, 1.82) is 0 Å². The van der Waals surface area contributed by atoms with Gasteiger partial charge in [0.1, 0.15) is 11.6 Å². The maximum atomic E-state index is 5.54. The van der Waals surface area contributed by atoms with Crippen molar-refractivity contribution in [3.8, 4) is 17.1 Å². The van der Waals surface area contributed by atoms with Gasteiger partial charge in [-0.25, -0.2) is 4.98 Å². The molecule has 5 heteroatoms. The molecule has 0 aliphatic heterocycles. The molecule has 0 bridgehead atoms. The number of ether oxygens (including phenoxy) is 1. The molecule has 0 aliphatic rings. The SMILES string of the molecule is COc1ccc(-c2nc(CCN)n(C)n2)cc1C. The molecule has 0 saturated heterocycles. The van der Waals surface area contributed by atoms with Gasteiger partial charge in [0.2, 0.25) is 0 Å². The zero-order chi connectivity index (χ0) is 13.1. The normalized spacial score (nSPS) is 10.7. The number of hydrogen-bond donors (Lipinski definition) is 1. The summed E-state index contributed by atoms with van der Waals surface area (Å²) in [4.78, 5) is 4.50. The van der Waals surface area contributed by atoms with Crippen LogP contribution in [0.4, 0.5) is 0 Å². The Labute approximate surface area is 107 Å². The fourth-order valence-corrected chi connectivity index (χ4v) is 1.90. The lowest BCUT2D eigenvalue weighted by molar-refractivity contribution is 0.412. The van der Waals surface area contributed by atoms with Crippen molar-refractivity contribution in [3.63, 3.8) is 0 Å². The smallest absolute Gasteiger partial charge is 0.181 e. The van der Waals surface area contributed by atoms with Crippen LogP contribution in [0.2, 0.25) is 0 Å². The Morgan fingerprint density at radius 2 is 2.17 bits per heavy atom. The highest BCUT2D eigenvalue weighted by atomic mass is 16.5. The van der Waals surface area contributed by atoms with Gasteiger partial charge in [-0.05, 0) is 37.2 Å². The lowest BCUT2D eigenvalue weighted by Gasteiger charge is -2.04. The summed E-state index contributed by atoms with van der Waals surface area (Å²) in [5, 5.41) is 4.41. The first kappa shape index (κ1) is 12.6. The molecule has 0 unspecified atom stereocenters. The molecule has 1 aromatic heterocycles. The van der Waals surface area contributed by atoms with E-state index in [-0.39, 0.29) is 0 Å². The van der Waals surface area contributed by atoms with E-state index < -0.39 is 0 Å². The second-order valence-electron chi connectivity index (χ2n) is 4.20. The van der Waals surface area contributed by atoms with E-state index in [4.69, 9.17) is 10.5 Å². The third kappa shape index (κ3) is 2.36. The van der Waals surface area contributed by atoms with Gasteiger partial charge in [-0.3, -0.25) is 4.68 Å². The van der Waals surface area contributed by atoms with E-state index in [1.807, 2.05) is 32.2 Å². The Bertz CT molecular complexity index is 548. The fourth-order valence-electron chi connectivity index (χ4n) is 1.90. The van der Waals surface area contributed by atoms with E-state index in [0.717, 1.165) is 34.9 Å². The van der Waals surface area contributed by atoms with Crippen molar-refractivity contribution in [1.82, 2.24) is 14.8 Å². The molecule has 2 rings (SSSR count). The number of benzene rings is 1. The average Bonchev–Trinajstić information content (AvgIpc) is 2.71. The van der Waals surface area contributed by atoms with Crippen molar-refractivity contribution in [3.05, 3.63) is 29.6 Å². The van der Waals surface area contributed by atoms with Gasteiger partial charge in [0.25, 0.3) is 0 Å². The fraction of sp³-hybridized carbons (Fsp3) is 0.385. The number of nitrogens with two attached hydrogens (primary N) is 1. The average molecular weight is 246 g/mol. The molecule has 0 spiro atoms. The van der Waals surface area contributed by atoms with Crippen LogP contribution in [0, 0.1) is 6.92 Å². The van der Waals surface area contributed by atoms with Crippen molar-refractivity contribution < 1.29 is 4.74 Å². The molecule has 2 N–H and O–H groups in total. The lowest BCUT2D eigenvalue weighted by atomic mass is 10.1. The van der Waals surface area contributed by atoms with Crippen LogP contribution >= 0.6 is 0 Å². The van der Waals surface area contributed by atoms with Crippen molar-refractivity contribution in [2.75, 3.05) is 13.7 Å². The summed E-state index contributed by atoms with van der Waals surface area (Å²) >= 11 is 0. The first-order valence-electron chi connectivity index (χ1n) is 5.90. The van der Waals surface area contributed by atoms with Gasteiger partial charge in [0, 0.05) is 19.0 Å². The van der Waals surface area contributed by atoms with Crippen LogP contribution in [-0.2, 0) is 13.5 Å². The van der Waals surface area contributed by atoms with E-state index >= 15 is 0 Å². The van der Waals surface area contributed by atoms with E-state index in [1.54, 1.807) is 11.8 Å². The number of aryl methyl sites for hydroxylation is 2. The molecule has 0 saturated carbocycles. The Morgan fingerprint density at radius 3 is 2.78 bits per heavy atom. The van der Waals surface area contributed by atoms with Gasteiger partial charge in [0.05, 0.1) is 7.11 Å². The predicted octanol–water partition coefficient (Wildman–Crippen LogP) is 1.30. The van der Waals surface area contributed by atoms with Crippen molar-refractivity contribution >= 4 is 0 Å². The second-order valence-corrected chi connectivity index (χ2v) is 4.20. The molecule has 18 heavy (non-hydrogen) atoms. The van der Waals surface area contributed by atoms with Crippen LogP contribution in [0.3, 0.4) is 0 Å². The summed E-state index contributed by atoms with van der Waals surface area (Å²) in [5.74, 6) is 2.50. The zero-order valence-corrected chi connectivity index (χ0v) is 11.0. The minimum absolute atomic E-state index is 0.577. The Morgan fingerprint density at radius 1 is 1.39 bits per heavy atom. The Hall–Kier alpha value is -1.88. The van der Waals surface area contributed by atoms with Gasteiger partial charge >= 0.3 is 0 Å². The lowest BCUT2D eigenvalue weighted by Crippen LogP contribution is -2.08. The molecule has 2 aromatic rings. The number of methoxy groups -OCH3 is 1. The van der Waals surface area contributed by atoms with Gasteiger partial charge in [-0.15, -0.1) is 0 Å². The molecular formula is C13H18N4O. The molecule has 0 aliphatic carbocycles. The summed E-state index contributed by atoms with van der Waals surface area (Å²) < 4.78 is 7.02. The van der Waals surface area contributed by atoms with Gasteiger partial charge in [-0.1, -0.05) is 0 Å². The van der Waals surface area contributed by atoms with Crippen LogP contribution in [0.1, 0.15) is 11.4 Å². The molecule has 96 valence electrons. The van der Waals surface area contributed by atoms with Crippen molar-refractivity contribution in [2.24, 2.45) is 12.8 Å². The number of nitrogens with zero attached hydrogens (tertiary/aromatic N) is 3. The van der Waals surface area contributed by atoms with E-state index in [2.05, 4.69) is 10.1 Å². The second kappa shape index (κ2) is 5.18. The van der Waals surface area contributed by atoms with Crippen LogP contribution in [0.25, 0.3) is 11.4 Å². The van der Waals surface area contributed by atoms with Crippen LogP contribution in [0.5, 0.6) is 5.75 Å². The minimum Gasteiger partial charge on any atom is -0.496 e. The van der Waals surface area contributed by atoms with Crippen LogP contribution < -0.4 is 10.5 Å². The highest BCUT2D eigenvalue weighted by molar-refractivity contribution is 5.58. The minimum atomic E-state index is 0.577. The van der Waals surface area contributed by atoms with Gasteiger partial charge in [0.15, 0.2) is 5.82 Å². The van der Waals surface area contributed by atoms with Crippen LogP contribution in [-0.4, -0.2) is 28.4 Å². The molecule has 0 fully saturated rings. The summed E-state index contributed by atoms with van der Waals surface area (Å²) in [7, 11) is 3.55. The molecule has 0 amide bonds. The highest BCUT2D eigenvalue weighted by Gasteiger charge is 2.10. The summed E-state index contributed by atoms with van der Waals surface area (Å²) in [6, 6.07) is 5.93. The number of rotatable bonds is 4. The maximum Gasteiger partial charge on any atom is 0.181 e. The van der Waals surface area contributed by atoms with Crippen molar-refractivity contribution in [2.45, 2.75) is 13.3 Å². The standard InChI is InChI=1S/C13H18N4O/c1-9-8-10(4-5-11(9)18-3)13-15-12(6-7-14)17(2)16-13/h4-5,8H,6-7,14H2,1-3H3. The molecule has 1 aromatic carbocycles. The van der Waals surface area contributed by atoms with E-state index in [9.17, 15) is 0 Å². The number of aromatic nitrogens is 3. The molecule has 5 nitrogen and oxygen atoms in total. The first-order valence-corrected chi connectivity index (χ1v) is 5.90.